The molecule has 0 aliphatic carbocycles. The highest BCUT2D eigenvalue weighted by molar-refractivity contribution is 5.51. The maximum absolute atomic E-state index is 9.18. The van der Waals surface area contributed by atoms with Crippen LogP contribution in [-0.4, -0.2) is 20.3 Å². The lowest BCUT2D eigenvalue weighted by atomic mass is 10.3. The fourth-order valence-corrected chi connectivity index (χ4v) is 0.982. The molecule has 0 aliphatic heterocycles. The second kappa shape index (κ2) is 3.02. The lowest BCUT2D eigenvalue weighted by Gasteiger charge is -1.94. The minimum Gasteiger partial charge on any atom is -0.472 e. The summed E-state index contributed by atoms with van der Waals surface area (Å²) in [5.74, 6) is 0.987. The summed E-state index contributed by atoms with van der Waals surface area (Å²) in [5, 5.41) is 15.7. The number of aliphatic hydroxyl groups is 1. The third-order valence-corrected chi connectivity index (χ3v) is 1.68. The molecule has 2 N–H and O–H groups in total. The van der Waals surface area contributed by atoms with Crippen LogP contribution in [0.2, 0.25) is 0 Å². The molecule has 0 saturated heterocycles. The van der Waals surface area contributed by atoms with Crippen molar-refractivity contribution in [1.29, 1.82) is 0 Å². The van der Waals surface area contributed by atoms with E-state index < -0.39 is 6.10 Å². The number of nitrogens with one attached hydrogen (secondary N) is 1. The van der Waals surface area contributed by atoms with Crippen LogP contribution in [0.5, 0.6) is 0 Å². The maximum atomic E-state index is 9.18. The molecule has 0 fully saturated rings. The lowest BCUT2D eigenvalue weighted by Crippen LogP contribution is -1.92. The van der Waals surface area contributed by atoms with E-state index in [2.05, 4.69) is 15.2 Å². The van der Waals surface area contributed by atoms with E-state index in [4.69, 9.17) is 4.42 Å². The van der Waals surface area contributed by atoms with Gasteiger partial charge >= 0.3 is 0 Å². The standard InChI is InChI=1S/C8H9N3O2/c1-5(12)7-9-8(11-10-7)6-2-3-13-4-6/h2-5,12H,1H3,(H,9,10,11). The summed E-state index contributed by atoms with van der Waals surface area (Å²) in [6, 6.07) is 1.76. The van der Waals surface area contributed by atoms with Gasteiger partial charge in [0.25, 0.3) is 0 Å². The number of aromatic amines is 1. The Balaban J connectivity index is 2.33. The molecule has 0 spiro atoms. The van der Waals surface area contributed by atoms with E-state index in [0.717, 1.165) is 5.56 Å². The van der Waals surface area contributed by atoms with E-state index in [9.17, 15) is 5.11 Å². The monoisotopic (exact) mass is 179 g/mol. The Kier molecular flexibility index (Phi) is 1.86. The Morgan fingerprint density at radius 1 is 1.62 bits per heavy atom. The van der Waals surface area contributed by atoms with Gasteiger partial charge in [-0.2, -0.15) is 5.10 Å². The number of nitrogens with zero attached hydrogens (tertiary/aromatic N) is 2. The second-order valence-corrected chi connectivity index (χ2v) is 2.73. The van der Waals surface area contributed by atoms with Crippen molar-refractivity contribution in [3.63, 3.8) is 0 Å². The van der Waals surface area contributed by atoms with Crippen LogP contribution in [0, 0.1) is 0 Å². The van der Waals surface area contributed by atoms with Crippen molar-refractivity contribution in [2.45, 2.75) is 13.0 Å². The van der Waals surface area contributed by atoms with Gasteiger partial charge in [0.2, 0.25) is 0 Å². The molecule has 13 heavy (non-hydrogen) atoms. The molecule has 0 amide bonds. The van der Waals surface area contributed by atoms with Crippen molar-refractivity contribution >= 4 is 0 Å². The minimum absolute atomic E-state index is 0.455. The van der Waals surface area contributed by atoms with Crippen LogP contribution in [-0.2, 0) is 0 Å². The maximum Gasteiger partial charge on any atom is 0.184 e. The Morgan fingerprint density at radius 2 is 2.46 bits per heavy atom. The molecule has 0 aromatic carbocycles. The van der Waals surface area contributed by atoms with E-state index >= 15 is 0 Å². The van der Waals surface area contributed by atoms with Gasteiger partial charge in [-0.15, -0.1) is 0 Å². The van der Waals surface area contributed by atoms with Crippen molar-refractivity contribution in [3.8, 4) is 11.4 Å². The van der Waals surface area contributed by atoms with E-state index in [1.165, 1.54) is 0 Å². The van der Waals surface area contributed by atoms with Crippen molar-refractivity contribution in [3.05, 3.63) is 24.4 Å². The van der Waals surface area contributed by atoms with E-state index in [1.807, 2.05) is 0 Å². The average molecular weight is 179 g/mol. The van der Waals surface area contributed by atoms with Gasteiger partial charge in [0.1, 0.15) is 12.4 Å². The molecule has 5 nitrogen and oxygen atoms in total. The molecule has 68 valence electrons. The molecular weight excluding hydrogens is 170 g/mol. The zero-order valence-electron chi connectivity index (χ0n) is 7.06. The van der Waals surface area contributed by atoms with Crippen LogP contribution >= 0.6 is 0 Å². The zero-order chi connectivity index (χ0) is 9.26. The predicted octanol–water partition coefficient (Wildman–Crippen LogP) is 1.12. The van der Waals surface area contributed by atoms with Gasteiger partial charge in [-0.1, -0.05) is 0 Å². The number of aromatic nitrogens is 3. The lowest BCUT2D eigenvalue weighted by molar-refractivity contribution is 0.189. The summed E-state index contributed by atoms with van der Waals surface area (Å²) in [5.41, 5.74) is 0.795. The topological polar surface area (TPSA) is 74.9 Å². The fraction of sp³-hybridized carbons (Fsp3) is 0.250. The Bertz CT molecular complexity index is 378. The molecule has 1 atom stereocenters. The smallest absolute Gasteiger partial charge is 0.184 e. The fourth-order valence-electron chi connectivity index (χ4n) is 0.982. The summed E-state index contributed by atoms with van der Waals surface area (Å²) in [6.07, 6.45) is 2.47. The van der Waals surface area contributed by atoms with Crippen LogP contribution in [0.3, 0.4) is 0 Å². The molecule has 1 unspecified atom stereocenters. The minimum atomic E-state index is -0.631. The third-order valence-electron chi connectivity index (χ3n) is 1.68. The number of furan rings is 1. The van der Waals surface area contributed by atoms with Gasteiger partial charge in [0.05, 0.1) is 11.8 Å². The van der Waals surface area contributed by atoms with Gasteiger partial charge in [-0.3, -0.25) is 5.10 Å². The molecule has 2 aromatic heterocycles. The predicted molar refractivity (Wildman–Crippen MR) is 44.7 cm³/mol. The first-order valence-electron chi connectivity index (χ1n) is 3.90. The molecule has 0 saturated carbocycles. The second-order valence-electron chi connectivity index (χ2n) is 2.73. The summed E-state index contributed by atoms with van der Waals surface area (Å²) in [6.45, 7) is 1.62. The molecule has 5 heteroatoms. The number of hydrogen-bond acceptors (Lipinski definition) is 4. The highest BCUT2D eigenvalue weighted by atomic mass is 16.3. The van der Waals surface area contributed by atoms with Crippen LogP contribution in [0.4, 0.5) is 0 Å². The SMILES string of the molecule is CC(O)c1nc(-c2ccoc2)n[nH]1. The number of hydrogen-bond donors (Lipinski definition) is 2. The largest absolute Gasteiger partial charge is 0.472 e. The first-order valence-corrected chi connectivity index (χ1v) is 3.90. The Morgan fingerprint density at radius 3 is 3.00 bits per heavy atom. The first kappa shape index (κ1) is 8.00. The molecule has 0 aliphatic rings. The molecule has 0 bridgehead atoms. The van der Waals surface area contributed by atoms with E-state index in [1.54, 1.807) is 25.5 Å². The van der Waals surface area contributed by atoms with Crippen molar-refractivity contribution < 1.29 is 9.52 Å². The molecular formula is C8H9N3O2. The van der Waals surface area contributed by atoms with E-state index in [0.29, 0.717) is 11.6 Å². The Hall–Kier alpha value is -1.62. The molecule has 2 aromatic rings. The summed E-state index contributed by atoms with van der Waals surface area (Å²) in [7, 11) is 0. The number of aliphatic hydroxyl groups excluding tert-OH is 1. The van der Waals surface area contributed by atoms with Gasteiger partial charge in [0.15, 0.2) is 11.6 Å². The third kappa shape index (κ3) is 1.46. The summed E-state index contributed by atoms with van der Waals surface area (Å²) >= 11 is 0. The van der Waals surface area contributed by atoms with Crippen LogP contribution in [0.15, 0.2) is 23.0 Å². The normalized spacial score (nSPS) is 13.1. The van der Waals surface area contributed by atoms with Crippen LogP contribution in [0.25, 0.3) is 11.4 Å². The van der Waals surface area contributed by atoms with Crippen molar-refractivity contribution in [1.82, 2.24) is 15.2 Å². The van der Waals surface area contributed by atoms with Gasteiger partial charge in [-0.25, -0.2) is 4.98 Å². The van der Waals surface area contributed by atoms with Gasteiger partial charge in [0, 0.05) is 0 Å². The highest BCUT2D eigenvalue weighted by Crippen LogP contribution is 2.16. The quantitative estimate of drug-likeness (QED) is 0.724. The van der Waals surface area contributed by atoms with Gasteiger partial charge < -0.3 is 9.52 Å². The van der Waals surface area contributed by atoms with Crippen molar-refractivity contribution in [2.24, 2.45) is 0 Å². The Labute approximate surface area is 74.4 Å². The molecule has 2 rings (SSSR count). The number of rotatable bonds is 2. The highest BCUT2D eigenvalue weighted by Gasteiger charge is 2.09. The average Bonchev–Trinajstić information content (AvgIpc) is 2.75. The molecule has 0 radical (unpaired) electrons. The number of H-pyrrole nitrogens is 1. The van der Waals surface area contributed by atoms with Gasteiger partial charge in [-0.05, 0) is 13.0 Å². The molecule has 2 heterocycles. The summed E-state index contributed by atoms with van der Waals surface area (Å²) < 4.78 is 4.88. The van der Waals surface area contributed by atoms with Crippen LogP contribution < -0.4 is 0 Å². The van der Waals surface area contributed by atoms with Crippen LogP contribution in [0.1, 0.15) is 18.9 Å². The zero-order valence-corrected chi connectivity index (χ0v) is 7.06. The first-order chi connectivity index (χ1) is 6.27. The van der Waals surface area contributed by atoms with Crippen molar-refractivity contribution in [2.75, 3.05) is 0 Å². The summed E-state index contributed by atoms with van der Waals surface area (Å²) in [4.78, 5) is 4.08. The van der Waals surface area contributed by atoms with E-state index in [-0.39, 0.29) is 0 Å².